The van der Waals surface area contributed by atoms with E-state index in [0.29, 0.717) is 15.8 Å². The molecule has 142 valence electrons. The van der Waals surface area contributed by atoms with Crippen LogP contribution in [0.3, 0.4) is 0 Å². The molecule has 28 heavy (non-hydrogen) atoms. The second kappa shape index (κ2) is 8.65. The second-order valence-electron chi connectivity index (χ2n) is 8.00. The molecular weight excluding hydrogens is 451 g/mol. The van der Waals surface area contributed by atoms with E-state index in [1.807, 2.05) is 0 Å². The highest BCUT2D eigenvalue weighted by molar-refractivity contribution is 14.1. The topological polar surface area (TPSA) is 0 Å². The molecule has 0 aliphatic heterocycles. The molecule has 3 atom stereocenters. The maximum absolute atomic E-state index is 2.53. The molecule has 2 aromatic rings. The zero-order chi connectivity index (χ0) is 19.5. The van der Waals surface area contributed by atoms with E-state index in [9.17, 15) is 0 Å². The molecule has 4 rings (SSSR count). The molecule has 1 unspecified atom stereocenters. The Hall–Kier alpha value is -1.87. The van der Waals surface area contributed by atoms with E-state index in [-0.39, 0.29) is 0 Å². The third-order valence-electron chi connectivity index (χ3n) is 5.91. The number of allylic oxidation sites excluding steroid dienone is 8. The van der Waals surface area contributed by atoms with Gasteiger partial charge in [-0.25, -0.2) is 0 Å². The predicted octanol–water partition coefficient (Wildman–Crippen LogP) is 8.12. The molecule has 0 bridgehead atoms. The maximum atomic E-state index is 2.53. The average Bonchev–Trinajstić information content (AvgIpc) is 2.88. The monoisotopic (exact) mass is 478 g/mol. The van der Waals surface area contributed by atoms with Crippen LogP contribution in [0.25, 0.3) is 22.3 Å². The minimum atomic E-state index is 0.585. The van der Waals surface area contributed by atoms with Crippen molar-refractivity contribution in [2.24, 2.45) is 11.8 Å². The summed E-state index contributed by atoms with van der Waals surface area (Å²) in [5.74, 6) is 1.18. The van der Waals surface area contributed by atoms with Gasteiger partial charge in [0.2, 0.25) is 0 Å². The van der Waals surface area contributed by atoms with Crippen LogP contribution in [0.2, 0.25) is 0 Å². The van der Waals surface area contributed by atoms with Crippen LogP contribution >= 0.6 is 22.6 Å². The van der Waals surface area contributed by atoms with Crippen LogP contribution in [-0.2, 0) is 0 Å². The standard InChI is InChI=1S/C27H27I/c1-19-6-3-4-8-26(19)23-14-10-21(11-15-23)22-12-16-24(17-13-22)27-9-5-7-25(28)18-20(27)2/h3-5,7-17,19-20,25H,6,18H2,1-2H3/t19-,20+,25?/m1/s1. The molecular formula is C27H27I. The summed E-state index contributed by atoms with van der Waals surface area (Å²) in [6.45, 7) is 4.65. The molecule has 2 aliphatic rings. The molecule has 0 nitrogen and oxygen atoms in total. The Morgan fingerprint density at radius 1 is 0.679 bits per heavy atom. The van der Waals surface area contributed by atoms with Crippen molar-refractivity contribution in [2.75, 3.05) is 0 Å². The Morgan fingerprint density at radius 2 is 1.18 bits per heavy atom. The van der Waals surface area contributed by atoms with Gasteiger partial charge in [0.05, 0.1) is 0 Å². The van der Waals surface area contributed by atoms with E-state index in [1.165, 1.54) is 39.8 Å². The van der Waals surface area contributed by atoms with Crippen LogP contribution < -0.4 is 0 Å². The molecule has 0 N–H and O–H groups in total. The fourth-order valence-corrected chi connectivity index (χ4v) is 5.21. The van der Waals surface area contributed by atoms with Gasteiger partial charge in [-0.1, -0.05) is 121 Å². The Kier molecular flexibility index (Phi) is 6.01. The number of halogens is 1. The normalized spacial score (nSPS) is 24.5. The Labute approximate surface area is 182 Å². The van der Waals surface area contributed by atoms with Gasteiger partial charge in [0.25, 0.3) is 0 Å². The molecule has 2 aliphatic carbocycles. The van der Waals surface area contributed by atoms with Gasteiger partial charge in [-0.3, -0.25) is 0 Å². The Balaban J connectivity index is 1.54. The smallest absolute Gasteiger partial charge is 0.0298 e. The summed E-state index contributed by atoms with van der Waals surface area (Å²) in [7, 11) is 0. The summed E-state index contributed by atoms with van der Waals surface area (Å²) >= 11 is 2.53. The zero-order valence-corrected chi connectivity index (χ0v) is 18.8. The lowest BCUT2D eigenvalue weighted by molar-refractivity contribution is 0.698. The molecule has 0 amide bonds. The van der Waals surface area contributed by atoms with Crippen molar-refractivity contribution in [1.29, 1.82) is 0 Å². The first-order chi connectivity index (χ1) is 13.6. The van der Waals surface area contributed by atoms with Crippen molar-refractivity contribution < 1.29 is 0 Å². The number of hydrogen-bond acceptors (Lipinski definition) is 0. The van der Waals surface area contributed by atoms with Crippen LogP contribution in [0, 0.1) is 11.8 Å². The van der Waals surface area contributed by atoms with E-state index in [2.05, 4.69) is 121 Å². The highest BCUT2D eigenvalue weighted by Crippen LogP contribution is 2.34. The lowest BCUT2D eigenvalue weighted by Gasteiger charge is -2.18. The summed E-state index contributed by atoms with van der Waals surface area (Å²) in [6, 6.07) is 18.1. The van der Waals surface area contributed by atoms with Gasteiger partial charge in [0, 0.05) is 3.92 Å². The molecule has 0 fully saturated rings. The first-order valence-corrected chi connectivity index (χ1v) is 11.5. The summed E-state index contributed by atoms with van der Waals surface area (Å²) in [5, 5.41) is 0. The van der Waals surface area contributed by atoms with Gasteiger partial charge in [-0.15, -0.1) is 0 Å². The van der Waals surface area contributed by atoms with Gasteiger partial charge in [0.15, 0.2) is 0 Å². The molecule has 0 aromatic heterocycles. The largest absolute Gasteiger partial charge is 0.0839 e. The predicted molar refractivity (Wildman–Crippen MR) is 131 cm³/mol. The minimum Gasteiger partial charge on any atom is -0.0839 e. The van der Waals surface area contributed by atoms with Crippen molar-refractivity contribution in [2.45, 2.75) is 30.6 Å². The van der Waals surface area contributed by atoms with E-state index < -0.39 is 0 Å². The lowest BCUT2D eigenvalue weighted by Crippen LogP contribution is -2.03. The molecule has 0 radical (unpaired) electrons. The third-order valence-corrected chi connectivity index (χ3v) is 6.83. The molecule has 0 heterocycles. The van der Waals surface area contributed by atoms with Crippen molar-refractivity contribution in [3.05, 3.63) is 96.1 Å². The van der Waals surface area contributed by atoms with E-state index in [0.717, 1.165) is 6.42 Å². The average molecular weight is 478 g/mol. The van der Waals surface area contributed by atoms with Crippen molar-refractivity contribution >= 4 is 33.7 Å². The van der Waals surface area contributed by atoms with Crippen LogP contribution in [-0.4, -0.2) is 3.92 Å². The van der Waals surface area contributed by atoms with Crippen LogP contribution in [0.1, 0.15) is 37.8 Å². The Bertz CT molecular complexity index is 939. The summed E-state index contributed by atoms with van der Waals surface area (Å²) in [5.41, 5.74) is 8.14. The maximum Gasteiger partial charge on any atom is 0.0298 e. The highest BCUT2D eigenvalue weighted by atomic mass is 127. The zero-order valence-electron chi connectivity index (χ0n) is 16.6. The SMILES string of the molecule is C[C@@H]1CC=CC=C1c1ccc(-c2ccc(C3=CC=CC(I)C[C@@H]3C)cc2)cc1. The molecule has 0 saturated carbocycles. The van der Waals surface area contributed by atoms with Crippen LogP contribution in [0.5, 0.6) is 0 Å². The van der Waals surface area contributed by atoms with Crippen LogP contribution in [0.15, 0.2) is 85.0 Å². The first-order valence-electron chi connectivity index (χ1n) is 10.2. The van der Waals surface area contributed by atoms with Gasteiger partial charge < -0.3 is 0 Å². The quantitative estimate of drug-likeness (QED) is 0.309. The Morgan fingerprint density at radius 3 is 1.75 bits per heavy atom. The van der Waals surface area contributed by atoms with Gasteiger partial charge in [-0.2, -0.15) is 0 Å². The van der Waals surface area contributed by atoms with Gasteiger partial charge in [0.1, 0.15) is 0 Å². The van der Waals surface area contributed by atoms with E-state index >= 15 is 0 Å². The third kappa shape index (κ3) is 4.25. The molecule has 2 aromatic carbocycles. The van der Waals surface area contributed by atoms with E-state index in [1.54, 1.807) is 0 Å². The van der Waals surface area contributed by atoms with Crippen molar-refractivity contribution in [1.82, 2.24) is 0 Å². The second-order valence-corrected chi connectivity index (χ2v) is 9.60. The van der Waals surface area contributed by atoms with Gasteiger partial charge >= 0.3 is 0 Å². The lowest BCUT2D eigenvalue weighted by atomic mass is 9.87. The van der Waals surface area contributed by atoms with E-state index in [4.69, 9.17) is 0 Å². The number of benzene rings is 2. The number of hydrogen-bond donors (Lipinski definition) is 0. The number of alkyl halides is 1. The van der Waals surface area contributed by atoms with Gasteiger partial charge in [-0.05, 0) is 58.1 Å². The summed E-state index contributed by atoms with van der Waals surface area (Å²) in [6.07, 6.45) is 15.9. The molecule has 0 saturated heterocycles. The molecule has 1 heteroatoms. The number of rotatable bonds is 3. The minimum absolute atomic E-state index is 0.585. The summed E-state index contributed by atoms with van der Waals surface area (Å²) < 4.78 is 0.622. The fourth-order valence-electron chi connectivity index (χ4n) is 4.20. The van der Waals surface area contributed by atoms with Crippen LogP contribution in [0.4, 0.5) is 0 Å². The van der Waals surface area contributed by atoms with Crippen molar-refractivity contribution in [3.8, 4) is 11.1 Å². The fraction of sp³-hybridized carbons (Fsp3) is 0.259. The van der Waals surface area contributed by atoms with Crippen molar-refractivity contribution in [3.63, 3.8) is 0 Å². The summed E-state index contributed by atoms with van der Waals surface area (Å²) in [4.78, 5) is 0. The first kappa shape index (κ1) is 19.4. The molecule has 0 spiro atoms. The highest BCUT2D eigenvalue weighted by Gasteiger charge is 2.16.